The molecule has 0 radical (unpaired) electrons. The van der Waals surface area contributed by atoms with E-state index in [1.54, 1.807) is 20.3 Å². The SMILES string of the molecule is CN1CCC(F)C(n2c(=O)n(C)c3cnc4ccccc4c32)C1F. The van der Waals surface area contributed by atoms with Crippen LogP contribution in [0.1, 0.15) is 12.5 Å². The lowest BCUT2D eigenvalue weighted by molar-refractivity contribution is -0.0217. The van der Waals surface area contributed by atoms with E-state index in [9.17, 15) is 13.6 Å². The van der Waals surface area contributed by atoms with Gasteiger partial charge in [-0.3, -0.25) is 19.0 Å². The molecule has 0 N–H and O–H groups in total. The molecule has 3 unspecified atom stereocenters. The van der Waals surface area contributed by atoms with Gasteiger partial charge in [-0.15, -0.1) is 0 Å². The zero-order chi connectivity index (χ0) is 17.0. The maximum absolute atomic E-state index is 14.8. The number of alkyl halides is 2. The fourth-order valence-electron chi connectivity index (χ4n) is 3.59. The molecule has 2 aromatic heterocycles. The van der Waals surface area contributed by atoms with E-state index in [0.717, 1.165) is 5.39 Å². The number of para-hydroxylation sites is 1. The number of aryl methyl sites for hydroxylation is 1. The molecular weight excluding hydrogens is 314 g/mol. The van der Waals surface area contributed by atoms with E-state index in [0.29, 0.717) is 23.1 Å². The molecule has 4 rings (SSSR count). The summed E-state index contributed by atoms with van der Waals surface area (Å²) in [6.07, 6.45) is -1.17. The molecule has 1 fully saturated rings. The number of nitrogens with zero attached hydrogens (tertiary/aromatic N) is 4. The van der Waals surface area contributed by atoms with Crippen LogP contribution in [0.3, 0.4) is 0 Å². The lowest BCUT2D eigenvalue weighted by Gasteiger charge is -2.36. The Labute approximate surface area is 137 Å². The molecule has 5 nitrogen and oxygen atoms in total. The summed E-state index contributed by atoms with van der Waals surface area (Å²) in [5.41, 5.74) is 1.39. The van der Waals surface area contributed by atoms with Gasteiger partial charge in [-0.2, -0.15) is 0 Å². The van der Waals surface area contributed by atoms with Crippen LogP contribution in [-0.4, -0.2) is 45.1 Å². The van der Waals surface area contributed by atoms with E-state index in [-0.39, 0.29) is 6.42 Å². The highest BCUT2D eigenvalue weighted by Gasteiger charge is 2.40. The summed E-state index contributed by atoms with van der Waals surface area (Å²) < 4.78 is 32.1. The van der Waals surface area contributed by atoms with Crippen molar-refractivity contribution in [2.75, 3.05) is 13.6 Å². The summed E-state index contributed by atoms with van der Waals surface area (Å²) >= 11 is 0. The molecule has 7 heteroatoms. The van der Waals surface area contributed by atoms with Gasteiger partial charge in [0, 0.05) is 19.0 Å². The van der Waals surface area contributed by atoms with Crippen LogP contribution in [0.2, 0.25) is 0 Å². The van der Waals surface area contributed by atoms with Gasteiger partial charge in [-0.05, 0) is 19.5 Å². The number of aromatic nitrogens is 3. The highest BCUT2D eigenvalue weighted by molar-refractivity contribution is 6.02. The minimum absolute atomic E-state index is 0.202. The van der Waals surface area contributed by atoms with E-state index in [1.165, 1.54) is 14.0 Å². The molecule has 3 heterocycles. The Morgan fingerprint density at radius 2 is 1.96 bits per heavy atom. The monoisotopic (exact) mass is 332 g/mol. The van der Waals surface area contributed by atoms with E-state index in [4.69, 9.17) is 0 Å². The van der Waals surface area contributed by atoms with Gasteiger partial charge in [0.05, 0.1) is 22.7 Å². The molecule has 1 aliphatic heterocycles. The molecule has 3 atom stereocenters. The smallest absolute Gasteiger partial charge is 0.293 e. The quantitative estimate of drug-likeness (QED) is 0.643. The molecule has 0 aliphatic carbocycles. The lowest BCUT2D eigenvalue weighted by Crippen LogP contribution is -2.49. The van der Waals surface area contributed by atoms with Crippen molar-refractivity contribution in [3.05, 3.63) is 40.9 Å². The van der Waals surface area contributed by atoms with Crippen LogP contribution in [0.25, 0.3) is 21.9 Å². The molecule has 0 bridgehead atoms. The number of imidazole rings is 1. The van der Waals surface area contributed by atoms with Crippen LogP contribution in [0.5, 0.6) is 0 Å². The average Bonchev–Trinajstić information content (AvgIpc) is 2.84. The Morgan fingerprint density at radius 1 is 1.21 bits per heavy atom. The summed E-state index contributed by atoms with van der Waals surface area (Å²) in [5, 5.41) is 0.723. The summed E-state index contributed by atoms with van der Waals surface area (Å²) in [6.45, 7) is 0.334. The third kappa shape index (κ3) is 2.00. The van der Waals surface area contributed by atoms with E-state index >= 15 is 0 Å². The van der Waals surface area contributed by atoms with Crippen molar-refractivity contribution < 1.29 is 8.78 Å². The number of halogens is 2. The zero-order valence-corrected chi connectivity index (χ0v) is 13.5. The molecule has 0 saturated carbocycles. The van der Waals surface area contributed by atoms with Crippen LogP contribution in [0.4, 0.5) is 8.78 Å². The predicted octanol–water partition coefficient (Wildman–Crippen LogP) is 2.40. The van der Waals surface area contributed by atoms with Crippen molar-refractivity contribution in [3.63, 3.8) is 0 Å². The van der Waals surface area contributed by atoms with Crippen molar-refractivity contribution >= 4 is 21.9 Å². The standard InChI is InChI=1S/C17H18F2N4O/c1-21-8-7-11(18)15(16(21)19)23-14-10-5-3-4-6-12(10)20-9-13(14)22(2)17(23)24/h3-6,9,11,15-16H,7-8H2,1-2H3. The minimum atomic E-state index is -1.55. The number of benzene rings is 1. The largest absolute Gasteiger partial charge is 0.329 e. The number of rotatable bonds is 1. The fraction of sp³-hybridized carbons (Fsp3) is 0.412. The molecule has 1 aliphatic rings. The van der Waals surface area contributed by atoms with Gasteiger partial charge in [0.2, 0.25) is 0 Å². The first kappa shape index (κ1) is 15.3. The van der Waals surface area contributed by atoms with E-state index < -0.39 is 24.2 Å². The van der Waals surface area contributed by atoms with Crippen LogP contribution in [0.15, 0.2) is 35.3 Å². The predicted molar refractivity (Wildman–Crippen MR) is 88.6 cm³/mol. The number of likely N-dealkylation sites (N-methyl/N-ethyl adjacent to an activating group) is 1. The molecule has 0 spiro atoms. The Bertz CT molecular complexity index is 980. The highest BCUT2D eigenvalue weighted by Crippen LogP contribution is 2.34. The van der Waals surface area contributed by atoms with Gasteiger partial charge < -0.3 is 0 Å². The number of piperidine rings is 1. The number of hydrogen-bond acceptors (Lipinski definition) is 3. The third-order valence-electron chi connectivity index (χ3n) is 4.95. The molecule has 0 amide bonds. The Morgan fingerprint density at radius 3 is 2.75 bits per heavy atom. The van der Waals surface area contributed by atoms with E-state index in [2.05, 4.69) is 4.98 Å². The topological polar surface area (TPSA) is 43.1 Å². The minimum Gasteiger partial charge on any atom is -0.293 e. The lowest BCUT2D eigenvalue weighted by atomic mass is 10.0. The molecule has 1 aromatic carbocycles. The van der Waals surface area contributed by atoms with Gasteiger partial charge in [0.15, 0.2) is 6.30 Å². The second kappa shape index (κ2) is 5.37. The average molecular weight is 332 g/mol. The van der Waals surface area contributed by atoms with Gasteiger partial charge in [-0.25, -0.2) is 13.6 Å². The first-order valence-corrected chi connectivity index (χ1v) is 7.93. The zero-order valence-electron chi connectivity index (χ0n) is 13.5. The van der Waals surface area contributed by atoms with Crippen molar-refractivity contribution in [2.45, 2.75) is 24.9 Å². The van der Waals surface area contributed by atoms with Crippen LogP contribution in [0, 0.1) is 0 Å². The Kier molecular flexibility index (Phi) is 3.42. The summed E-state index contributed by atoms with van der Waals surface area (Å²) in [7, 11) is 3.21. The van der Waals surface area contributed by atoms with Crippen molar-refractivity contribution in [1.29, 1.82) is 0 Å². The van der Waals surface area contributed by atoms with Crippen molar-refractivity contribution in [3.8, 4) is 0 Å². The normalized spacial score (nSPS) is 25.6. The van der Waals surface area contributed by atoms with Gasteiger partial charge in [-0.1, -0.05) is 18.2 Å². The highest BCUT2D eigenvalue weighted by atomic mass is 19.1. The van der Waals surface area contributed by atoms with Crippen molar-refractivity contribution in [2.24, 2.45) is 7.05 Å². The maximum Gasteiger partial charge on any atom is 0.329 e. The second-order valence-electron chi connectivity index (χ2n) is 6.37. The first-order valence-electron chi connectivity index (χ1n) is 7.93. The molecule has 24 heavy (non-hydrogen) atoms. The molecule has 1 saturated heterocycles. The number of hydrogen-bond donors (Lipinski definition) is 0. The second-order valence-corrected chi connectivity index (χ2v) is 6.37. The summed E-state index contributed by atoms with van der Waals surface area (Å²) in [5.74, 6) is 0. The van der Waals surface area contributed by atoms with Gasteiger partial charge in [0.1, 0.15) is 12.2 Å². The van der Waals surface area contributed by atoms with Gasteiger partial charge >= 0.3 is 5.69 Å². The van der Waals surface area contributed by atoms with Crippen LogP contribution >= 0.6 is 0 Å². The van der Waals surface area contributed by atoms with Crippen LogP contribution in [-0.2, 0) is 7.05 Å². The Hall–Kier alpha value is -2.28. The molecular formula is C17H18F2N4O. The fourth-order valence-corrected chi connectivity index (χ4v) is 3.59. The Balaban J connectivity index is 2.09. The summed E-state index contributed by atoms with van der Waals surface area (Å²) in [6, 6.07) is 6.16. The van der Waals surface area contributed by atoms with Gasteiger partial charge in [0.25, 0.3) is 0 Å². The maximum atomic E-state index is 14.8. The number of likely N-dealkylation sites (tertiary alicyclic amines) is 1. The number of pyridine rings is 1. The summed E-state index contributed by atoms with van der Waals surface area (Å²) in [4.78, 5) is 18.6. The van der Waals surface area contributed by atoms with E-state index in [1.807, 2.05) is 24.3 Å². The molecule has 3 aromatic rings. The van der Waals surface area contributed by atoms with Crippen LogP contribution < -0.4 is 5.69 Å². The third-order valence-corrected chi connectivity index (χ3v) is 4.95. The first-order chi connectivity index (χ1) is 11.5. The van der Waals surface area contributed by atoms with Crippen molar-refractivity contribution in [1.82, 2.24) is 19.0 Å². The number of fused-ring (bicyclic) bond motifs is 3. The molecule has 126 valence electrons.